The Labute approximate surface area is 196 Å². The zero-order valence-electron chi connectivity index (χ0n) is 18.5. The molecule has 1 unspecified atom stereocenters. The number of hydrogen-bond donors (Lipinski definition) is 3. The van der Waals surface area contributed by atoms with E-state index in [4.69, 9.17) is 19.8 Å². The molecule has 0 spiro atoms. The number of carboxylic acid groups (broad SMARTS) is 2. The number of benzene rings is 1. The fourth-order valence-electron chi connectivity index (χ4n) is 3.47. The smallest absolute Gasteiger partial charge is 0.475 e. The molecule has 1 aromatic carbocycles. The molecule has 2 aliphatic rings. The van der Waals surface area contributed by atoms with Crippen LogP contribution in [0.2, 0.25) is 0 Å². The molecule has 7 nitrogen and oxygen atoms in total. The molecule has 2 aliphatic heterocycles. The molecule has 2 fully saturated rings. The van der Waals surface area contributed by atoms with Crippen molar-refractivity contribution in [2.24, 2.45) is 0 Å². The minimum absolute atomic E-state index is 0.0871. The van der Waals surface area contributed by atoms with Crippen LogP contribution in [-0.2, 0) is 9.59 Å². The van der Waals surface area contributed by atoms with Gasteiger partial charge in [-0.15, -0.1) is 0 Å². The molecule has 0 saturated carbocycles. The van der Waals surface area contributed by atoms with Crippen molar-refractivity contribution in [2.45, 2.75) is 43.6 Å². The van der Waals surface area contributed by atoms with Crippen LogP contribution in [0.3, 0.4) is 0 Å². The maximum atomic E-state index is 13.0. The average molecular weight is 520 g/mol. The van der Waals surface area contributed by atoms with E-state index >= 15 is 0 Å². The highest BCUT2D eigenvalue weighted by Gasteiger charge is 2.38. The number of alkyl halides is 6. The lowest BCUT2D eigenvalue weighted by atomic mass is 9.99. The molecule has 1 atom stereocenters. The summed E-state index contributed by atoms with van der Waals surface area (Å²) in [5, 5.41) is 23.8. The van der Waals surface area contributed by atoms with Gasteiger partial charge in [0, 0.05) is 32.7 Å². The fraction of sp³-hybridized carbons (Fsp3) is 0.619. The van der Waals surface area contributed by atoms with E-state index in [-0.39, 0.29) is 11.9 Å². The van der Waals surface area contributed by atoms with Gasteiger partial charge >= 0.3 is 24.3 Å². The van der Waals surface area contributed by atoms with E-state index in [2.05, 4.69) is 9.80 Å². The highest BCUT2D eigenvalue weighted by atomic mass is 19.4. The Morgan fingerprint density at radius 1 is 0.800 bits per heavy atom. The van der Waals surface area contributed by atoms with Crippen molar-refractivity contribution in [3.63, 3.8) is 0 Å². The summed E-state index contributed by atoms with van der Waals surface area (Å²) in [7, 11) is 0. The lowest BCUT2D eigenvalue weighted by Crippen LogP contribution is -2.40. The molecule has 0 aromatic heterocycles. The molecule has 35 heavy (non-hydrogen) atoms. The van der Waals surface area contributed by atoms with Crippen molar-refractivity contribution in [1.29, 1.82) is 0 Å². The van der Waals surface area contributed by atoms with Gasteiger partial charge in [0.15, 0.2) is 0 Å². The number of likely N-dealkylation sites (tertiary alicyclic amines) is 2. The number of nitrogens with zero attached hydrogens (tertiary/aromatic N) is 2. The maximum Gasteiger partial charge on any atom is 0.490 e. The van der Waals surface area contributed by atoms with Gasteiger partial charge < -0.3 is 25.1 Å². The molecule has 1 aromatic rings. The predicted molar refractivity (Wildman–Crippen MR) is 109 cm³/mol. The molecule has 3 N–H and O–H groups in total. The third-order valence-electron chi connectivity index (χ3n) is 5.39. The number of carboxylic acids is 2. The second-order valence-corrected chi connectivity index (χ2v) is 8.02. The highest BCUT2D eigenvalue weighted by molar-refractivity contribution is 5.73. The first kappa shape index (κ1) is 30.6. The van der Waals surface area contributed by atoms with Crippen molar-refractivity contribution in [2.75, 3.05) is 39.3 Å². The van der Waals surface area contributed by atoms with Crippen LogP contribution in [0.15, 0.2) is 24.3 Å². The summed E-state index contributed by atoms with van der Waals surface area (Å²) >= 11 is 0. The number of aliphatic hydroxyl groups excluding tert-OH is 1. The quantitative estimate of drug-likeness (QED) is 0.524. The van der Waals surface area contributed by atoms with E-state index in [1.807, 2.05) is 12.1 Å². The van der Waals surface area contributed by atoms with Gasteiger partial charge in [0.05, 0.1) is 6.10 Å². The van der Waals surface area contributed by atoms with Gasteiger partial charge in [-0.2, -0.15) is 26.3 Å². The standard InChI is InChI=1S/C17H25FN2O.2C2HF3O2/c18-16-3-1-14(2-4-16)15-5-8-20(13-15)12-11-19-9-6-17(21)7-10-19;2*3-2(4,5)1(6)7/h1-4,15,17,21H,5-13H2;2*(H,6,7). The lowest BCUT2D eigenvalue weighted by Gasteiger charge is -2.30. The molecular weight excluding hydrogens is 493 g/mol. The molecule has 2 saturated heterocycles. The number of aliphatic carboxylic acids is 2. The number of halogens is 7. The van der Waals surface area contributed by atoms with Crippen molar-refractivity contribution in [1.82, 2.24) is 9.80 Å². The van der Waals surface area contributed by atoms with E-state index in [9.17, 15) is 35.8 Å². The monoisotopic (exact) mass is 520 g/mol. The number of rotatable bonds is 4. The van der Waals surface area contributed by atoms with E-state index in [0.717, 1.165) is 52.1 Å². The maximum absolute atomic E-state index is 13.0. The van der Waals surface area contributed by atoms with E-state index in [1.54, 1.807) is 12.1 Å². The molecule has 3 rings (SSSR count). The number of carbonyl (C=O) groups is 2. The van der Waals surface area contributed by atoms with Crippen LogP contribution < -0.4 is 0 Å². The third kappa shape index (κ3) is 12.2. The summed E-state index contributed by atoms with van der Waals surface area (Å²) in [6, 6.07) is 6.99. The Morgan fingerprint density at radius 2 is 1.20 bits per heavy atom. The summed E-state index contributed by atoms with van der Waals surface area (Å²) in [6.07, 6.45) is -7.25. The van der Waals surface area contributed by atoms with Gasteiger partial charge in [0.2, 0.25) is 0 Å². The summed E-state index contributed by atoms with van der Waals surface area (Å²) in [5.41, 5.74) is 1.26. The molecule has 200 valence electrons. The van der Waals surface area contributed by atoms with E-state index < -0.39 is 24.3 Å². The van der Waals surface area contributed by atoms with E-state index in [0.29, 0.717) is 5.92 Å². The summed E-state index contributed by atoms with van der Waals surface area (Å²) in [5.74, 6) is -5.12. The Morgan fingerprint density at radius 3 is 1.63 bits per heavy atom. The molecule has 0 bridgehead atoms. The SMILES string of the molecule is O=C(O)C(F)(F)F.O=C(O)C(F)(F)F.OC1CCN(CCN2CCC(c3ccc(F)cc3)C2)CC1. The largest absolute Gasteiger partial charge is 0.490 e. The first-order valence-corrected chi connectivity index (χ1v) is 10.6. The van der Waals surface area contributed by atoms with Crippen LogP contribution in [-0.4, -0.2) is 94.8 Å². The third-order valence-corrected chi connectivity index (χ3v) is 5.39. The Kier molecular flexibility index (Phi) is 11.9. The van der Waals surface area contributed by atoms with E-state index in [1.165, 1.54) is 12.0 Å². The number of hydrogen-bond acceptors (Lipinski definition) is 5. The lowest BCUT2D eigenvalue weighted by molar-refractivity contribution is -0.193. The van der Waals surface area contributed by atoms with Gasteiger partial charge in [0.25, 0.3) is 0 Å². The summed E-state index contributed by atoms with van der Waals surface area (Å²) in [6.45, 7) is 6.48. The second-order valence-electron chi connectivity index (χ2n) is 8.02. The molecular formula is C21H27F7N2O5. The van der Waals surface area contributed by atoms with Crippen LogP contribution in [0.4, 0.5) is 30.7 Å². The summed E-state index contributed by atoms with van der Waals surface area (Å²) < 4.78 is 76.4. The Bertz CT molecular complexity index is 771. The normalized spacial score (nSPS) is 19.8. The molecule has 0 amide bonds. The van der Waals surface area contributed by atoms with Crippen LogP contribution in [0.5, 0.6) is 0 Å². The fourth-order valence-corrected chi connectivity index (χ4v) is 3.47. The molecule has 14 heteroatoms. The zero-order valence-corrected chi connectivity index (χ0v) is 18.5. The van der Waals surface area contributed by atoms with Crippen molar-refractivity contribution < 1.29 is 55.6 Å². The summed E-state index contributed by atoms with van der Waals surface area (Å²) in [4.78, 5) is 22.8. The van der Waals surface area contributed by atoms with Crippen LogP contribution in [0.1, 0.15) is 30.7 Å². The highest BCUT2D eigenvalue weighted by Crippen LogP contribution is 2.27. The van der Waals surface area contributed by atoms with Crippen molar-refractivity contribution in [3.8, 4) is 0 Å². The van der Waals surface area contributed by atoms with Crippen LogP contribution in [0, 0.1) is 5.82 Å². The minimum Gasteiger partial charge on any atom is -0.475 e. The first-order chi connectivity index (χ1) is 16.1. The van der Waals surface area contributed by atoms with Crippen molar-refractivity contribution in [3.05, 3.63) is 35.6 Å². The van der Waals surface area contributed by atoms with Gasteiger partial charge in [0.1, 0.15) is 5.82 Å². The average Bonchev–Trinajstić information content (AvgIpc) is 3.22. The van der Waals surface area contributed by atoms with Gasteiger partial charge in [-0.05, 0) is 49.4 Å². The zero-order chi connectivity index (χ0) is 26.8. The second kappa shape index (κ2) is 13.6. The minimum atomic E-state index is -5.08. The van der Waals surface area contributed by atoms with Gasteiger partial charge in [-0.25, -0.2) is 14.0 Å². The topological polar surface area (TPSA) is 101 Å². The van der Waals surface area contributed by atoms with Crippen LogP contribution >= 0.6 is 0 Å². The first-order valence-electron chi connectivity index (χ1n) is 10.6. The Balaban J connectivity index is 0.000000362. The van der Waals surface area contributed by atoms with Crippen LogP contribution in [0.25, 0.3) is 0 Å². The van der Waals surface area contributed by atoms with Crippen molar-refractivity contribution >= 4 is 11.9 Å². The molecule has 0 radical (unpaired) electrons. The number of piperidine rings is 1. The molecule has 2 heterocycles. The molecule has 0 aliphatic carbocycles. The van der Waals surface area contributed by atoms with Gasteiger partial charge in [-0.3, -0.25) is 0 Å². The van der Waals surface area contributed by atoms with Gasteiger partial charge in [-0.1, -0.05) is 12.1 Å². The predicted octanol–water partition coefficient (Wildman–Crippen LogP) is 3.34. The number of aliphatic hydroxyl groups is 1. The Hall–Kier alpha value is -2.45.